The Morgan fingerprint density at radius 1 is 1.12 bits per heavy atom. The van der Waals surface area contributed by atoms with E-state index in [0.29, 0.717) is 17.6 Å². The Balaban J connectivity index is 1.39. The van der Waals surface area contributed by atoms with Crippen LogP contribution in [-0.4, -0.2) is 24.0 Å². The van der Waals surface area contributed by atoms with Crippen molar-refractivity contribution in [1.82, 2.24) is 10.6 Å². The lowest BCUT2D eigenvalue weighted by molar-refractivity contribution is 0.0931. The minimum Gasteiger partial charge on any atom is -0.348 e. The second-order valence-corrected chi connectivity index (χ2v) is 8.03. The number of fused-ring (bicyclic) bond motifs is 2. The highest BCUT2D eigenvalue weighted by molar-refractivity contribution is 7.99. The summed E-state index contributed by atoms with van der Waals surface area (Å²) in [5, 5.41) is 7.46. The van der Waals surface area contributed by atoms with Gasteiger partial charge in [0.05, 0.1) is 0 Å². The van der Waals surface area contributed by atoms with Crippen LogP contribution in [0.2, 0.25) is 5.02 Å². The van der Waals surface area contributed by atoms with E-state index < -0.39 is 0 Å². The second-order valence-electron chi connectivity index (χ2n) is 6.45. The van der Waals surface area contributed by atoms with Crippen molar-refractivity contribution in [2.24, 2.45) is 0 Å². The van der Waals surface area contributed by atoms with Crippen molar-refractivity contribution in [3.63, 3.8) is 0 Å². The molecule has 124 valence electrons. The summed E-state index contributed by atoms with van der Waals surface area (Å²) in [6, 6.07) is 16.9. The molecule has 2 heterocycles. The molecule has 2 aliphatic heterocycles. The van der Waals surface area contributed by atoms with Crippen molar-refractivity contribution in [2.45, 2.75) is 47.2 Å². The highest BCUT2D eigenvalue weighted by Gasteiger charge is 2.39. The summed E-state index contributed by atoms with van der Waals surface area (Å²) in [6.07, 6.45) is 3.47. The first kappa shape index (κ1) is 16.0. The van der Waals surface area contributed by atoms with Gasteiger partial charge in [-0.2, -0.15) is 0 Å². The van der Waals surface area contributed by atoms with Crippen LogP contribution in [-0.2, 0) is 0 Å². The fraction of sp³-hybridized carbons (Fsp3) is 0.316. The molecule has 2 bridgehead atoms. The van der Waals surface area contributed by atoms with Gasteiger partial charge in [-0.25, -0.2) is 0 Å². The zero-order valence-electron chi connectivity index (χ0n) is 13.2. The Labute approximate surface area is 151 Å². The average molecular weight is 359 g/mol. The molecule has 0 unspecified atom stereocenters. The molecular formula is C19H19ClN2OS. The van der Waals surface area contributed by atoms with Crippen LogP contribution in [0.4, 0.5) is 0 Å². The van der Waals surface area contributed by atoms with Gasteiger partial charge in [0.1, 0.15) is 0 Å². The molecule has 4 rings (SSSR count). The first-order chi connectivity index (χ1) is 11.7. The molecule has 5 heteroatoms. The molecule has 0 radical (unpaired) electrons. The highest BCUT2D eigenvalue weighted by Crippen LogP contribution is 2.30. The van der Waals surface area contributed by atoms with Crippen molar-refractivity contribution in [1.29, 1.82) is 0 Å². The maximum absolute atomic E-state index is 12.4. The summed E-state index contributed by atoms with van der Waals surface area (Å²) in [6.45, 7) is 0. The number of halogens is 1. The molecule has 0 spiro atoms. The maximum Gasteiger partial charge on any atom is 0.251 e. The standard InChI is InChI=1S/C19H19ClN2OS/c20-13-2-1-3-16(10-13)24-15-7-4-12(5-8-15)19(23)22-18-11-14-6-9-17(18)21-14/h1-5,7-8,10,14,17-18,21H,6,9,11H2,(H,22,23)/t14-,17+,18-/m1/s1. The summed E-state index contributed by atoms with van der Waals surface area (Å²) in [5.41, 5.74) is 0.716. The van der Waals surface area contributed by atoms with Crippen molar-refractivity contribution >= 4 is 29.3 Å². The van der Waals surface area contributed by atoms with Crippen LogP contribution in [0.15, 0.2) is 58.3 Å². The van der Waals surface area contributed by atoms with Crippen LogP contribution in [0.5, 0.6) is 0 Å². The summed E-state index contributed by atoms with van der Waals surface area (Å²) >= 11 is 7.65. The number of benzene rings is 2. The predicted octanol–water partition coefficient (Wildman–Crippen LogP) is 4.11. The van der Waals surface area contributed by atoms with Gasteiger partial charge in [-0.1, -0.05) is 29.4 Å². The normalized spacial score (nSPS) is 25.0. The van der Waals surface area contributed by atoms with Crippen LogP contribution in [0, 0.1) is 0 Å². The van der Waals surface area contributed by atoms with E-state index in [1.165, 1.54) is 12.8 Å². The molecular weight excluding hydrogens is 340 g/mol. The molecule has 2 aromatic rings. The summed E-state index contributed by atoms with van der Waals surface area (Å²) in [4.78, 5) is 14.6. The van der Waals surface area contributed by atoms with E-state index in [4.69, 9.17) is 11.6 Å². The third kappa shape index (κ3) is 3.46. The Morgan fingerprint density at radius 2 is 1.96 bits per heavy atom. The number of nitrogens with one attached hydrogen (secondary N) is 2. The Hall–Kier alpha value is -1.49. The van der Waals surface area contributed by atoms with Crippen LogP contribution in [0.3, 0.4) is 0 Å². The molecule has 0 aromatic heterocycles. The average Bonchev–Trinajstić information content (AvgIpc) is 3.18. The van der Waals surface area contributed by atoms with Crippen molar-refractivity contribution < 1.29 is 4.79 Å². The van der Waals surface area contributed by atoms with Crippen LogP contribution < -0.4 is 10.6 Å². The number of hydrogen-bond donors (Lipinski definition) is 2. The zero-order valence-corrected chi connectivity index (χ0v) is 14.7. The lowest BCUT2D eigenvalue weighted by Crippen LogP contribution is -2.42. The van der Waals surface area contributed by atoms with Crippen LogP contribution in [0.25, 0.3) is 0 Å². The van der Waals surface area contributed by atoms with Gasteiger partial charge in [0, 0.05) is 38.5 Å². The number of carbonyl (C=O) groups is 1. The number of hydrogen-bond acceptors (Lipinski definition) is 3. The van der Waals surface area contributed by atoms with Crippen LogP contribution >= 0.6 is 23.4 Å². The topological polar surface area (TPSA) is 41.1 Å². The molecule has 2 aliphatic rings. The Morgan fingerprint density at radius 3 is 2.62 bits per heavy atom. The van der Waals surface area contributed by atoms with E-state index in [1.807, 2.05) is 48.5 Å². The van der Waals surface area contributed by atoms with Crippen molar-refractivity contribution in [2.75, 3.05) is 0 Å². The van der Waals surface area contributed by atoms with Gasteiger partial charge in [0.15, 0.2) is 0 Å². The highest BCUT2D eigenvalue weighted by atomic mass is 35.5. The van der Waals surface area contributed by atoms with Gasteiger partial charge in [-0.3, -0.25) is 4.79 Å². The van der Waals surface area contributed by atoms with Crippen molar-refractivity contribution in [3.8, 4) is 0 Å². The zero-order chi connectivity index (χ0) is 16.5. The molecule has 2 aromatic carbocycles. The molecule has 3 atom stereocenters. The lowest BCUT2D eigenvalue weighted by Gasteiger charge is -2.21. The van der Waals surface area contributed by atoms with Crippen molar-refractivity contribution in [3.05, 3.63) is 59.1 Å². The van der Waals surface area contributed by atoms with E-state index in [9.17, 15) is 4.79 Å². The van der Waals surface area contributed by atoms with Gasteiger partial charge in [-0.15, -0.1) is 0 Å². The molecule has 3 nitrogen and oxygen atoms in total. The van der Waals surface area contributed by atoms with Gasteiger partial charge in [-0.05, 0) is 61.7 Å². The Bertz CT molecular complexity index is 749. The summed E-state index contributed by atoms with van der Waals surface area (Å²) < 4.78 is 0. The van der Waals surface area contributed by atoms with E-state index in [1.54, 1.807) is 11.8 Å². The largest absolute Gasteiger partial charge is 0.348 e. The predicted molar refractivity (Wildman–Crippen MR) is 97.8 cm³/mol. The van der Waals surface area contributed by atoms with Gasteiger partial charge in [0.25, 0.3) is 5.91 Å². The van der Waals surface area contributed by atoms with Crippen LogP contribution in [0.1, 0.15) is 29.6 Å². The second kappa shape index (κ2) is 6.79. The van der Waals surface area contributed by atoms with Gasteiger partial charge >= 0.3 is 0 Å². The van der Waals surface area contributed by atoms with E-state index in [2.05, 4.69) is 10.6 Å². The summed E-state index contributed by atoms with van der Waals surface area (Å²) in [5.74, 6) is 0.0219. The molecule has 24 heavy (non-hydrogen) atoms. The SMILES string of the molecule is O=C(N[C@@H]1C[C@H]2CC[C@@H]1N2)c1ccc(Sc2cccc(Cl)c2)cc1. The van der Waals surface area contributed by atoms with E-state index in [-0.39, 0.29) is 11.9 Å². The first-order valence-corrected chi connectivity index (χ1v) is 9.47. The minimum atomic E-state index is 0.0219. The van der Waals surface area contributed by atoms with E-state index in [0.717, 1.165) is 21.2 Å². The third-order valence-corrected chi connectivity index (χ3v) is 6.00. The summed E-state index contributed by atoms with van der Waals surface area (Å²) in [7, 11) is 0. The molecule has 2 fully saturated rings. The smallest absolute Gasteiger partial charge is 0.251 e. The first-order valence-electron chi connectivity index (χ1n) is 8.28. The molecule has 0 aliphatic carbocycles. The minimum absolute atomic E-state index is 0.0219. The van der Waals surface area contributed by atoms with E-state index >= 15 is 0 Å². The molecule has 0 saturated carbocycles. The quantitative estimate of drug-likeness (QED) is 0.864. The molecule has 1 amide bonds. The molecule has 2 saturated heterocycles. The monoisotopic (exact) mass is 358 g/mol. The Kier molecular flexibility index (Phi) is 4.53. The number of carbonyl (C=O) groups excluding carboxylic acids is 1. The van der Waals surface area contributed by atoms with Gasteiger partial charge in [0.2, 0.25) is 0 Å². The lowest BCUT2D eigenvalue weighted by atomic mass is 9.95. The molecule has 2 N–H and O–H groups in total. The van der Waals surface area contributed by atoms with Gasteiger partial charge < -0.3 is 10.6 Å². The maximum atomic E-state index is 12.4. The number of rotatable bonds is 4. The fourth-order valence-electron chi connectivity index (χ4n) is 3.58. The fourth-order valence-corrected chi connectivity index (χ4v) is 4.71. The third-order valence-electron chi connectivity index (χ3n) is 4.76. The number of amides is 1.